The summed E-state index contributed by atoms with van der Waals surface area (Å²) in [6.07, 6.45) is 0.121. The number of rotatable bonds is 15. The van der Waals surface area contributed by atoms with Crippen molar-refractivity contribution in [2.75, 3.05) is 19.8 Å². The van der Waals surface area contributed by atoms with Crippen LogP contribution in [0.15, 0.2) is 105 Å². The number of benzene rings is 4. The van der Waals surface area contributed by atoms with E-state index in [0.29, 0.717) is 48.3 Å². The maximum atomic E-state index is 14.2. The highest BCUT2D eigenvalue weighted by molar-refractivity contribution is 7.46. The molecule has 7 rings (SSSR count). The highest BCUT2D eigenvalue weighted by Gasteiger charge is 2.36. The van der Waals surface area contributed by atoms with Gasteiger partial charge in [0.2, 0.25) is 17.6 Å². The SMILES string of the molecule is CCNC(=O)C[C@@H]1N=C(c2ccc(Cl)cc2)c2cc(OC(C)(C)OC(C)(C)CNC(=O)C[C@@H]3N=C(c4ccc(Cl)cc4)c4cc(PC)ccc4C(C)C(C)/C3=N\N=C(C)C)ccc2-n2c(C)nnc21. The molecule has 13 nitrogen and oxygen atoms in total. The summed E-state index contributed by atoms with van der Waals surface area (Å²) in [4.78, 5) is 37.8. The van der Waals surface area contributed by atoms with Gasteiger partial charge in [-0.25, -0.2) is 0 Å². The summed E-state index contributed by atoms with van der Waals surface area (Å²) in [5.74, 6) is 0.168. The molecule has 0 aliphatic carbocycles. The summed E-state index contributed by atoms with van der Waals surface area (Å²) in [7, 11) is 0.601. The first-order valence-electron chi connectivity index (χ1n) is 23.3. The Balaban J connectivity index is 1.15. The van der Waals surface area contributed by atoms with E-state index in [1.165, 1.54) is 5.30 Å². The summed E-state index contributed by atoms with van der Waals surface area (Å²) >= 11 is 12.7. The van der Waals surface area contributed by atoms with E-state index in [4.69, 9.17) is 47.8 Å². The van der Waals surface area contributed by atoms with Crippen LogP contribution < -0.4 is 20.7 Å². The van der Waals surface area contributed by atoms with Crippen LogP contribution in [0.2, 0.25) is 10.0 Å². The maximum absolute atomic E-state index is 14.2. The second kappa shape index (κ2) is 21.6. The minimum Gasteiger partial charge on any atom is -0.463 e. The number of aromatic nitrogens is 3. The monoisotopic (exact) mass is 989 g/mol. The average Bonchev–Trinajstić information content (AvgIpc) is 3.62. The van der Waals surface area contributed by atoms with E-state index in [-0.39, 0.29) is 43.0 Å². The van der Waals surface area contributed by atoms with E-state index in [1.54, 1.807) is 0 Å². The number of ether oxygens (including phenoxy) is 2. The van der Waals surface area contributed by atoms with Crippen LogP contribution in [-0.4, -0.2) is 86.6 Å². The van der Waals surface area contributed by atoms with Gasteiger partial charge >= 0.3 is 0 Å². The van der Waals surface area contributed by atoms with Crippen molar-refractivity contribution in [3.05, 3.63) is 134 Å². The van der Waals surface area contributed by atoms with Crippen LogP contribution in [0.4, 0.5) is 0 Å². The van der Waals surface area contributed by atoms with Crippen molar-refractivity contribution >= 4 is 71.7 Å². The van der Waals surface area contributed by atoms with E-state index in [0.717, 1.165) is 50.6 Å². The largest absolute Gasteiger partial charge is 0.463 e. The van der Waals surface area contributed by atoms with E-state index >= 15 is 0 Å². The normalized spacial score (nSPS) is 18.8. The van der Waals surface area contributed by atoms with Crippen LogP contribution >= 0.6 is 31.8 Å². The number of hydrogen-bond acceptors (Lipinski definition) is 10. The number of nitrogens with zero attached hydrogens (tertiary/aromatic N) is 7. The van der Waals surface area contributed by atoms with E-state index < -0.39 is 23.5 Å². The molecule has 0 radical (unpaired) electrons. The van der Waals surface area contributed by atoms with Gasteiger partial charge in [-0.05, 0) is 114 Å². The van der Waals surface area contributed by atoms with Crippen LogP contribution in [-0.2, 0) is 14.3 Å². The minimum atomic E-state index is -1.17. The predicted molar refractivity (Wildman–Crippen MR) is 282 cm³/mol. The summed E-state index contributed by atoms with van der Waals surface area (Å²) < 4.78 is 15.3. The first kappa shape index (κ1) is 51.3. The van der Waals surface area contributed by atoms with Crippen LogP contribution in [0.25, 0.3) is 5.69 Å². The highest BCUT2D eigenvalue weighted by atomic mass is 35.5. The van der Waals surface area contributed by atoms with Gasteiger partial charge in [-0.2, -0.15) is 10.2 Å². The number of carbonyl (C=O) groups excluding carboxylic acids is 2. The Labute approximate surface area is 417 Å². The molecule has 2 N–H and O–H groups in total. The Morgan fingerprint density at radius 2 is 1.39 bits per heavy atom. The first-order valence-corrected chi connectivity index (χ1v) is 25.6. The Kier molecular flexibility index (Phi) is 16.0. The van der Waals surface area contributed by atoms with E-state index in [1.807, 2.05) is 127 Å². The average molecular weight is 991 g/mol. The molecule has 1 aromatic heterocycles. The lowest BCUT2D eigenvalue weighted by molar-refractivity contribution is -0.218. The van der Waals surface area contributed by atoms with Gasteiger partial charge in [0.25, 0.3) is 0 Å². The first-order chi connectivity index (χ1) is 32.8. The van der Waals surface area contributed by atoms with Gasteiger partial charge < -0.3 is 20.1 Å². The fourth-order valence-electron chi connectivity index (χ4n) is 8.86. The lowest BCUT2D eigenvalue weighted by atomic mass is 9.78. The smallest absolute Gasteiger partial charge is 0.222 e. The summed E-state index contributed by atoms with van der Waals surface area (Å²) in [5, 5.41) is 26.7. The van der Waals surface area contributed by atoms with Crippen molar-refractivity contribution in [1.29, 1.82) is 0 Å². The lowest BCUT2D eigenvalue weighted by Gasteiger charge is -2.36. The summed E-state index contributed by atoms with van der Waals surface area (Å²) in [5.41, 5.74) is 7.52. The lowest BCUT2D eigenvalue weighted by Crippen LogP contribution is -2.48. The van der Waals surface area contributed by atoms with Gasteiger partial charge in [0.1, 0.15) is 17.6 Å². The van der Waals surface area contributed by atoms with Crippen LogP contribution in [0.1, 0.15) is 127 Å². The fraction of sp³-hybridized carbons (Fsp3) is 0.396. The molecule has 3 heterocycles. The number of aryl methyl sites for hydroxylation is 1. The highest BCUT2D eigenvalue weighted by Crippen LogP contribution is 2.37. The van der Waals surface area contributed by atoms with Crippen LogP contribution in [0, 0.1) is 12.8 Å². The number of aliphatic imine (C=N–C) groups is 2. The molecule has 3 unspecified atom stereocenters. The molecular weight excluding hydrogens is 929 g/mol. The van der Waals surface area contributed by atoms with Gasteiger partial charge in [-0.3, -0.25) is 24.1 Å². The molecule has 5 aromatic rings. The van der Waals surface area contributed by atoms with Crippen LogP contribution in [0.3, 0.4) is 0 Å². The quantitative estimate of drug-likeness (QED) is 0.0460. The molecule has 2 aliphatic heterocycles. The molecule has 0 bridgehead atoms. The molecule has 5 atom stereocenters. The maximum Gasteiger partial charge on any atom is 0.222 e. The zero-order chi connectivity index (χ0) is 49.8. The number of fused-ring (bicyclic) bond motifs is 4. The molecule has 16 heteroatoms. The van der Waals surface area contributed by atoms with E-state index in [2.05, 4.69) is 64.6 Å². The second-order valence-corrected chi connectivity index (χ2v) is 20.8. The number of halogens is 2. The third kappa shape index (κ3) is 12.2. The van der Waals surface area contributed by atoms with Crippen LogP contribution in [0.5, 0.6) is 5.75 Å². The molecule has 0 saturated heterocycles. The van der Waals surface area contributed by atoms with Gasteiger partial charge in [-0.1, -0.05) is 82.0 Å². The van der Waals surface area contributed by atoms with Crippen molar-refractivity contribution in [3.63, 3.8) is 0 Å². The Morgan fingerprint density at radius 3 is 2.01 bits per heavy atom. The molecule has 2 aliphatic rings. The topological polar surface area (TPSA) is 157 Å². The molecule has 2 amide bonds. The number of amides is 2. The summed E-state index contributed by atoms with van der Waals surface area (Å²) in [6, 6.07) is 26.3. The predicted octanol–water partition coefficient (Wildman–Crippen LogP) is 10.1. The standard InChI is InChI=1S/C53H62Cl2N9O4P/c1-12-56-46(65)28-44-51-63-61-33(6)64(51)45-24-21-38(25-42(45)50(59-44)35-15-19-37(55)20-16-35)67-53(9,10)68-52(7,8)29-57-47(66)27-43-48(62-60-30(2)3)32(5)31(4)40-23-22-39(69-11)26-41(40)49(58-43)34-13-17-36(54)18-14-34/h13-26,31-32,43-44,69H,12,27-29H2,1-11H3,(H,56,65)(H,57,66)/b58-49?,62-48+/t31?,32?,43-,44-/m0/s1. The minimum absolute atomic E-state index is 0.0379. The van der Waals surface area contributed by atoms with Gasteiger partial charge in [-0.15, -0.1) is 10.2 Å². The Hall–Kier alpha value is -5.59. The molecule has 0 spiro atoms. The van der Waals surface area contributed by atoms with Gasteiger partial charge in [0, 0.05) is 70.9 Å². The van der Waals surface area contributed by atoms with Gasteiger partial charge in [0.15, 0.2) is 5.82 Å². The molecule has 4 aromatic carbocycles. The molecular formula is C53H62Cl2N9O4P. The second-order valence-electron chi connectivity index (χ2n) is 18.8. The Morgan fingerprint density at radius 1 is 0.783 bits per heavy atom. The zero-order valence-corrected chi connectivity index (χ0v) is 43.8. The number of nitrogens with one attached hydrogen (secondary N) is 2. The molecule has 69 heavy (non-hydrogen) atoms. The van der Waals surface area contributed by atoms with Crippen molar-refractivity contribution in [2.24, 2.45) is 26.1 Å². The molecule has 0 saturated carbocycles. The number of carbonyl (C=O) groups is 2. The molecule has 0 fully saturated rings. The van der Waals surface area contributed by atoms with Crippen molar-refractivity contribution in [2.45, 2.75) is 111 Å². The Bertz CT molecular complexity index is 2830. The number of hydrogen-bond donors (Lipinski definition) is 2. The van der Waals surface area contributed by atoms with Crippen molar-refractivity contribution in [3.8, 4) is 11.4 Å². The zero-order valence-electron chi connectivity index (χ0n) is 41.2. The fourth-order valence-corrected chi connectivity index (χ4v) is 9.65. The summed E-state index contributed by atoms with van der Waals surface area (Å²) in [6.45, 7) is 22.3. The molecule has 362 valence electrons. The van der Waals surface area contributed by atoms with Crippen molar-refractivity contribution < 1.29 is 19.1 Å². The third-order valence-corrected chi connectivity index (χ3v) is 13.5. The third-order valence-electron chi connectivity index (χ3n) is 12.2. The van der Waals surface area contributed by atoms with E-state index in [9.17, 15) is 9.59 Å². The van der Waals surface area contributed by atoms with Crippen molar-refractivity contribution in [1.82, 2.24) is 25.4 Å². The van der Waals surface area contributed by atoms with Gasteiger partial charge in [0.05, 0.1) is 47.3 Å².